The molecule has 0 radical (unpaired) electrons. The Kier molecular flexibility index (Phi) is 32.5. The summed E-state index contributed by atoms with van der Waals surface area (Å²) < 4.78 is 24.5. The lowest BCUT2D eigenvalue weighted by atomic mass is 10.1. The highest BCUT2D eigenvalue weighted by atomic mass is 31.2. The summed E-state index contributed by atoms with van der Waals surface area (Å²) in [4.78, 5) is 13.0. The monoisotopic (exact) mass is 618 g/mol. The van der Waals surface area contributed by atoms with E-state index in [-0.39, 0.29) is 6.23 Å². The molecule has 0 heterocycles. The lowest BCUT2D eigenvalue weighted by molar-refractivity contribution is -0.0133. The average Bonchev–Trinajstić information content (AvgIpc) is 2.97. The van der Waals surface area contributed by atoms with E-state index in [4.69, 9.17) is 9.05 Å². The molecule has 2 unspecified atom stereocenters. The van der Waals surface area contributed by atoms with Gasteiger partial charge in [-0.1, -0.05) is 175 Å². The Balaban J connectivity index is 4.73. The van der Waals surface area contributed by atoms with Crippen LogP contribution in [0.4, 0.5) is 0 Å². The molecule has 6 heteroatoms. The van der Waals surface area contributed by atoms with Gasteiger partial charge in [-0.05, 0) is 32.1 Å². The van der Waals surface area contributed by atoms with Gasteiger partial charge in [0.1, 0.15) is 6.23 Å². The fraction of sp³-hybridized carbons (Fsp3) is 1.00. The van der Waals surface area contributed by atoms with Gasteiger partial charge in [0.25, 0.3) is 0 Å². The molecule has 0 saturated carbocycles. The minimum Gasteiger partial charge on any atom is -0.302 e. The molecule has 0 aliphatic carbocycles. The first-order chi connectivity index (χ1) is 20.5. The number of hydrogen-bond acceptors (Lipinski definition) is 4. The summed E-state index contributed by atoms with van der Waals surface area (Å²) in [7, 11) is -4.08. The largest absolute Gasteiger partial charge is 0.473 e. The van der Waals surface area contributed by atoms with E-state index in [1.54, 1.807) is 0 Å². The van der Waals surface area contributed by atoms with Crippen molar-refractivity contribution in [3.05, 3.63) is 0 Å². The maximum absolute atomic E-state index is 13.0. The van der Waals surface area contributed by atoms with Crippen LogP contribution in [0.1, 0.15) is 207 Å². The van der Waals surface area contributed by atoms with Crippen molar-refractivity contribution >= 4 is 7.82 Å². The number of unbranched alkanes of at least 4 members (excludes halogenated alkanes) is 23. The Morgan fingerprint density at radius 1 is 0.500 bits per heavy atom. The highest BCUT2D eigenvalue weighted by molar-refractivity contribution is 7.47. The van der Waals surface area contributed by atoms with Gasteiger partial charge in [0.05, 0.1) is 6.61 Å². The van der Waals surface area contributed by atoms with E-state index in [0.717, 1.165) is 58.0 Å². The van der Waals surface area contributed by atoms with Gasteiger partial charge in [-0.2, -0.15) is 0 Å². The smallest absolute Gasteiger partial charge is 0.302 e. The van der Waals surface area contributed by atoms with Gasteiger partial charge in [-0.3, -0.25) is 13.9 Å². The molecule has 0 aliphatic rings. The van der Waals surface area contributed by atoms with Crippen LogP contribution < -0.4 is 0 Å². The fourth-order valence-corrected chi connectivity index (χ4v) is 6.72. The summed E-state index contributed by atoms with van der Waals surface area (Å²) >= 11 is 0. The zero-order valence-electron chi connectivity index (χ0n) is 29.1. The zero-order valence-corrected chi connectivity index (χ0v) is 30.0. The van der Waals surface area contributed by atoms with Gasteiger partial charge in [0.2, 0.25) is 0 Å². The lowest BCUT2D eigenvalue weighted by Gasteiger charge is -2.32. The number of hydrogen-bond donors (Lipinski definition) is 1. The van der Waals surface area contributed by atoms with E-state index in [1.165, 1.54) is 135 Å². The van der Waals surface area contributed by atoms with Crippen LogP contribution >= 0.6 is 7.82 Å². The first kappa shape index (κ1) is 42.1. The van der Waals surface area contributed by atoms with Gasteiger partial charge in [-0.25, -0.2) is 4.57 Å². The highest BCUT2D eigenvalue weighted by Crippen LogP contribution is 2.46. The molecule has 5 nitrogen and oxygen atoms in total. The minimum atomic E-state index is -4.08. The van der Waals surface area contributed by atoms with Crippen LogP contribution in [-0.4, -0.2) is 35.7 Å². The van der Waals surface area contributed by atoms with Crippen molar-refractivity contribution < 1.29 is 18.5 Å². The standard InChI is InChI=1S/C36H76NO4P/c1-5-9-13-16-19-22-25-28-31-35-40-42(38,39)41-36(32-12-8-4)37(33-29-26-23-20-17-14-10-6-2)34-30-27-24-21-18-15-11-7-3/h36H,5-35H2,1-4H3,(H,38,39). The van der Waals surface area contributed by atoms with E-state index in [2.05, 4.69) is 32.6 Å². The maximum Gasteiger partial charge on any atom is 0.473 e. The van der Waals surface area contributed by atoms with E-state index in [9.17, 15) is 9.46 Å². The van der Waals surface area contributed by atoms with Crippen molar-refractivity contribution in [2.75, 3.05) is 19.7 Å². The van der Waals surface area contributed by atoms with E-state index in [0.29, 0.717) is 6.61 Å². The first-order valence-corrected chi connectivity index (χ1v) is 20.4. The Morgan fingerprint density at radius 3 is 1.21 bits per heavy atom. The van der Waals surface area contributed by atoms with Crippen molar-refractivity contribution in [3.63, 3.8) is 0 Å². The lowest BCUT2D eigenvalue weighted by Crippen LogP contribution is -2.38. The van der Waals surface area contributed by atoms with Crippen LogP contribution in [0.2, 0.25) is 0 Å². The molecule has 0 bridgehead atoms. The molecule has 0 fully saturated rings. The van der Waals surface area contributed by atoms with E-state index < -0.39 is 7.82 Å². The molecule has 0 rings (SSSR count). The molecule has 42 heavy (non-hydrogen) atoms. The average molecular weight is 618 g/mol. The van der Waals surface area contributed by atoms with Crippen molar-refractivity contribution in [2.45, 2.75) is 214 Å². The van der Waals surface area contributed by atoms with Crippen molar-refractivity contribution in [1.29, 1.82) is 0 Å². The van der Waals surface area contributed by atoms with Crippen LogP contribution in [0.3, 0.4) is 0 Å². The second kappa shape index (κ2) is 32.5. The molecule has 254 valence electrons. The third-order valence-electron chi connectivity index (χ3n) is 8.57. The Labute approximate surface area is 264 Å². The normalized spacial score (nSPS) is 14.0. The molecule has 0 aliphatic heterocycles. The molecule has 0 amide bonds. The van der Waals surface area contributed by atoms with Crippen LogP contribution in [0.15, 0.2) is 0 Å². The third kappa shape index (κ3) is 28.8. The first-order valence-electron chi connectivity index (χ1n) is 18.9. The summed E-state index contributed by atoms with van der Waals surface area (Å²) in [5.41, 5.74) is 0. The van der Waals surface area contributed by atoms with Gasteiger partial charge in [-0.15, -0.1) is 0 Å². The Bertz CT molecular complexity index is 557. The van der Waals surface area contributed by atoms with E-state index in [1.807, 2.05) is 0 Å². The number of nitrogens with zero attached hydrogens (tertiary/aromatic N) is 1. The molecule has 1 N–H and O–H groups in total. The van der Waals surface area contributed by atoms with Gasteiger partial charge in [0, 0.05) is 13.1 Å². The summed E-state index contributed by atoms with van der Waals surface area (Å²) in [5, 5.41) is 0. The van der Waals surface area contributed by atoms with Crippen LogP contribution in [0.5, 0.6) is 0 Å². The van der Waals surface area contributed by atoms with E-state index >= 15 is 0 Å². The van der Waals surface area contributed by atoms with Crippen molar-refractivity contribution in [1.82, 2.24) is 4.90 Å². The highest BCUT2D eigenvalue weighted by Gasteiger charge is 2.30. The molecular weight excluding hydrogens is 541 g/mol. The molecule has 0 aromatic heterocycles. The zero-order chi connectivity index (χ0) is 31.0. The fourth-order valence-electron chi connectivity index (χ4n) is 5.75. The van der Waals surface area contributed by atoms with Gasteiger partial charge < -0.3 is 4.89 Å². The maximum atomic E-state index is 13.0. The number of phosphoric ester groups is 1. The topological polar surface area (TPSA) is 59.0 Å². The Hall–Kier alpha value is 0.0700. The predicted molar refractivity (Wildman–Crippen MR) is 184 cm³/mol. The molecule has 0 saturated heterocycles. The number of rotatable bonds is 35. The number of phosphoric acid groups is 1. The van der Waals surface area contributed by atoms with Crippen LogP contribution in [-0.2, 0) is 13.6 Å². The summed E-state index contributed by atoms with van der Waals surface area (Å²) in [6.07, 6.45) is 34.1. The minimum absolute atomic E-state index is 0.306. The van der Waals surface area contributed by atoms with Crippen LogP contribution in [0.25, 0.3) is 0 Å². The quantitative estimate of drug-likeness (QED) is 0.0435. The third-order valence-corrected chi connectivity index (χ3v) is 9.59. The molecule has 0 aromatic carbocycles. The molecule has 2 atom stereocenters. The predicted octanol–water partition coefficient (Wildman–Crippen LogP) is 12.8. The second-order valence-electron chi connectivity index (χ2n) is 12.8. The summed E-state index contributed by atoms with van der Waals surface area (Å²) in [6, 6.07) is 0. The molecule has 0 aromatic rings. The summed E-state index contributed by atoms with van der Waals surface area (Å²) in [6.45, 7) is 11.2. The SMILES string of the molecule is CCCCCCCCCCCOP(=O)(O)OC(CCCC)N(CCCCCCCCCC)CCCCCCCCCC. The molecular formula is C36H76NO4P. The van der Waals surface area contributed by atoms with Gasteiger partial charge in [0.15, 0.2) is 0 Å². The van der Waals surface area contributed by atoms with Crippen molar-refractivity contribution in [2.24, 2.45) is 0 Å². The second-order valence-corrected chi connectivity index (χ2v) is 14.2. The molecule has 0 spiro atoms. The Morgan fingerprint density at radius 2 is 0.833 bits per heavy atom. The summed E-state index contributed by atoms with van der Waals surface area (Å²) in [5.74, 6) is 0. The van der Waals surface area contributed by atoms with Crippen molar-refractivity contribution in [3.8, 4) is 0 Å². The van der Waals surface area contributed by atoms with Crippen LogP contribution in [0, 0.1) is 0 Å². The van der Waals surface area contributed by atoms with Gasteiger partial charge >= 0.3 is 7.82 Å².